The molecule has 73 heavy (non-hydrogen) atoms. The Balaban J connectivity index is 0.000000162. The van der Waals surface area contributed by atoms with Crippen LogP contribution in [0.25, 0.3) is 28.1 Å². The van der Waals surface area contributed by atoms with Crippen molar-refractivity contribution in [2.24, 2.45) is 0 Å². The van der Waals surface area contributed by atoms with Gasteiger partial charge in [0.15, 0.2) is 0 Å². The molecule has 3 N–H and O–H groups in total. The molecule has 0 atom stereocenters. The Bertz CT molecular complexity index is 3340. The van der Waals surface area contributed by atoms with Crippen LogP contribution in [-0.2, 0) is 18.5 Å². The normalized spacial score (nSPS) is 11.4. The van der Waals surface area contributed by atoms with Crippen molar-refractivity contribution >= 4 is 96.2 Å². The first-order chi connectivity index (χ1) is 34.6. The predicted molar refractivity (Wildman–Crippen MR) is 280 cm³/mol. The average Bonchev–Trinajstić information content (AvgIpc) is 3.74. The number of nitro benzene ring substituents is 1. The van der Waals surface area contributed by atoms with Crippen LogP contribution < -0.4 is 16.0 Å². The summed E-state index contributed by atoms with van der Waals surface area (Å²) in [6.07, 6.45) is -13.5. The van der Waals surface area contributed by atoms with Gasteiger partial charge in [0, 0.05) is 41.4 Å². The molecule has 0 fully saturated rings. The zero-order valence-corrected chi connectivity index (χ0v) is 41.5. The van der Waals surface area contributed by atoms with Crippen molar-refractivity contribution < 1.29 is 49.2 Å². The van der Waals surface area contributed by atoms with Gasteiger partial charge in [0.05, 0.1) is 44.0 Å². The van der Waals surface area contributed by atoms with Gasteiger partial charge < -0.3 is 16.0 Å². The van der Waals surface area contributed by atoms with Crippen LogP contribution in [0.1, 0.15) is 27.0 Å². The summed E-state index contributed by atoms with van der Waals surface area (Å²) in [5.41, 5.74) is 1.48. The lowest BCUT2D eigenvalue weighted by atomic mass is 10.1. The van der Waals surface area contributed by atoms with Gasteiger partial charge in [-0.3, -0.25) is 19.5 Å². The highest BCUT2D eigenvalue weighted by Gasteiger charge is 2.34. The van der Waals surface area contributed by atoms with Gasteiger partial charge in [-0.25, -0.2) is 4.98 Å². The zero-order chi connectivity index (χ0) is 52.5. The molecule has 20 heteroatoms. The highest BCUT2D eigenvalue weighted by molar-refractivity contribution is 14.1. The number of anilines is 5. The lowest BCUT2D eigenvalue weighted by Crippen LogP contribution is -2.14. The van der Waals surface area contributed by atoms with Crippen LogP contribution in [0, 0.1) is 17.3 Å². The number of carbonyl (C=O) groups excluding carboxylic acids is 1. The predicted octanol–water partition coefficient (Wildman–Crippen LogP) is 17.0. The number of alkyl halides is 9. The van der Waals surface area contributed by atoms with Crippen molar-refractivity contribution in [3.05, 3.63) is 234 Å². The van der Waals surface area contributed by atoms with Crippen molar-refractivity contribution in [2.45, 2.75) is 18.5 Å². The van der Waals surface area contributed by atoms with Gasteiger partial charge in [-0.2, -0.15) is 39.5 Å². The number of amides is 1. The first-order valence-corrected chi connectivity index (χ1v) is 23.5. The number of carbonyl (C=O) groups is 1. The van der Waals surface area contributed by atoms with Crippen molar-refractivity contribution in [2.75, 3.05) is 16.0 Å². The Hall–Kier alpha value is -7.47. The largest absolute Gasteiger partial charge is 0.416 e. The van der Waals surface area contributed by atoms with Crippen LogP contribution >= 0.6 is 45.2 Å². The number of nitrogens with zero attached hydrogens (tertiary/aromatic N) is 3. The molecular formula is C53H35F9I2N6O3. The fourth-order valence-electron chi connectivity index (χ4n) is 6.94. The third-order valence-corrected chi connectivity index (χ3v) is 11.9. The first kappa shape index (κ1) is 53.3. The molecule has 9 aromatic rings. The van der Waals surface area contributed by atoms with Crippen LogP contribution in [0.3, 0.4) is 0 Å². The van der Waals surface area contributed by atoms with E-state index >= 15 is 0 Å². The highest BCUT2D eigenvalue weighted by atomic mass is 127. The van der Waals surface area contributed by atoms with E-state index in [1.165, 1.54) is 12.1 Å². The molecule has 9 nitrogen and oxygen atoms in total. The molecular weight excluding hydrogens is 1190 g/mol. The van der Waals surface area contributed by atoms with Gasteiger partial charge >= 0.3 is 18.5 Å². The van der Waals surface area contributed by atoms with Gasteiger partial charge in [-0.1, -0.05) is 66.7 Å². The number of halogens is 11. The number of hydrogen-bond acceptors (Lipinski definition) is 6. The maximum atomic E-state index is 13.1. The summed E-state index contributed by atoms with van der Waals surface area (Å²) in [6.45, 7) is 0. The van der Waals surface area contributed by atoms with E-state index < -0.39 is 51.7 Å². The fraction of sp³-hybridized carbons (Fsp3) is 0.0566. The molecule has 0 aliphatic heterocycles. The molecule has 8 aromatic carbocycles. The van der Waals surface area contributed by atoms with Gasteiger partial charge in [0.25, 0.3) is 11.6 Å². The average molecular weight is 1230 g/mol. The molecule has 372 valence electrons. The Morgan fingerprint density at radius 2 is 0.973 bits per heavy atom. The van der Waals surface area contributed by atoms with Crippen LogP contribution in [0.15, 0.2) is 194 Å². The number of nitro groups is 1. The van der Waals surface area contributed by atoms with Gasteiger partial charge in [-0.05, 0) is 167 Å². The van der Waals surface area contributed by atoms with Crippen molar-refractivity contribution in [1.29, 1.82) is 0 Å². The molecule has 0 unspecified atom stereocenters. The van der Waals surface area contributed by atoms with Crippen molar-refractivity contribution in [1.82, 2.24) is 9.55 Å². The Morgan fingerprint density at radius 1 is 0.521 bits per heavy atom. The smallest absolute Gasteiger partial charge is 0.354 e. The Labute approximate surface area is 437 Å². The van der Waals surface area contributed by atoms with E-state index in [1.807, 2.05) is 65.2 Å². The second-order valence-electron chi connectivity index (χ2n) is 15.5. The SMILES string of the molecule is FC(F)(F)c1ccc2c(c1)nc(-c1ccc(I)cc1)n2-c1ccccc1.O=C(Nc1cc(C(F)(F)F)ccc1Nc1ccccc1)c1ccc(I)cc1.O=[N+]([O-])c1cc(C(F)(F)F)ccc1Nc1ccccc1. The maximum absolute atomic E-state index is 13.1. The van der Waals surface area contributed by atoms with Gasteiger partial charge in [0.2, 0.25) is 0 Å². The molecule has 0 saturated heterocycles. The van der Waals surface area contributed by atoms with E-state index in [0.717, 1.165) is 54.8 Å². The molecule has 0 aliphatic carbocycles. The van der Waals surface area contributed by atoms with Crippen molar-refractivity contribution in [3.63, 3.8) is 0 Å². The molecule has 9 rings (SSSR count). The standard InChI is InChI=1S/C20H14F3IN2O.C20H12F3IN2.C13H9F3N2O2/c21-20(22,23)14-8-11-17(25-16-4-2-1-3-5-16)18(12-14)26-19(27)13-6-9-15(24)10-7-13;21-20(22,23)14-8-11-18-17(12-14)25-19(13-6-9-15(24)10-7-13)26(18)16-4-2-1-3-5-16;14-13(15,16)9-6-7-11(12(8-9)18(19)20)17-10-4-2-1-3-5-10/h1-12,25H,(H,26,27);1-12H;1-8,17H. The quantitative estimate of drug-likeness (QED) is 0.0574. The molecule has 0 bridgehead atoms. The summed E-state index contributed by atoms with van der Waals surface area (Å²) < 4.78 is 120. The zero-order valence-electron chi connectivity index (χ0n) is 37.2. The maximum Gasteiger partial charge on any atom is 0.416 e. The monoisotopic (exact) mass is 1230 g/mol. The van der Waals surface area contributed by atoms with Crippen LogP contribution in [0.2, 0.25) is 0 Å². The van der Waals surface area contributed by atoms with E-state index in [0.29, 0.717) is 45.5 Å². The topological polar surface area (TPSA) is 114 Å². The summed E-state index contributed by atoms with van der Waals surface area (Å²) >= 11 is 4.32. The van der Waals surface area contributed by atoms with E-state index in [4.69, 9.17) is 0 Å². The summed E-state index contributed by atoms with van der Waals surface area (Å²) in [4.78, 5) is 27.0. The lowest BCUT2D eigenvalue weighted by Gasteiger charge is -2.16. The van der Waals surface area contributed by atoms with Crippen molar-refractivity contribution in [3.8, 4) is 17.1 Å². The third-order valence-electron chi connectivity index (χ3n) is 10.4. The van der Waals surface area contributed by atoms with E-state index in [1.54, 1.807) is 78.9 Å². The second-order valence-corrected chi connectivity index (χ2v) is 18.0. The lowest BCUT2D eigenvalue weighted by molar-refractivity contribution is -0.384. The van der Waals surface area contributed by atoms with Crippen LogP contribution in [0.5, 0.6) is 0 Å². The number of fused-ring (bicyclic) bond motifs is 1. The number of imidazole rings is 1. The molecule has 1 heterocycles. The third kappa shape index (κ3) is 14.2. The Kier molecular flexibility index (Phi) is 16.8. The van der Waals surface area contributed by atoms with Gasteiger partial charge in [0.1, 0.15) is 11.5 Å². The summed E-state index contributed by atoms with van der Waals surface area (Å²) in [5.74, 6) is 0.128. The minimum absolute atomic E-state index is 0.00852. The number of benzene rings is 8. The summed E-state index contributed by atoms with van der Waals surface area (Å²) in [5, 5.41) is 19.2. The minimum atomic E-state index is -4.62. The number of nitrogens with one attached hydrogen (secondary N) is 3. The number of hydrogen-bond donors (Lipinski definition) is 3. The molecule has 0 saturated carbocycles. The number of para-hydroxylation sites is 3. The fourth-order valence-corrected chi connectivity index (χ4v) is 7.65. The van der Waals surface area contributed by atoms with Crippen LogP contribution in [-0.4, -0.2) is 20.4 Å². The molecule has 1 amide bonds. The van der Waals surface area contributed by atoms with E-state index in [-0.39, 0.29) is 11.4 Å². The molecule has 0 aliphatic rings. The Morgan fingerprint density at radius 3 is 1.49 bits per heavy atom. The molecule has 0 radical (unpaired) electrons. The van der Waals surface area contributed by atoms with Crippen LogP contribution in [0.4, 0.5) is 73.6 Å². The highest BCUT2D eigenvalue weighted by Crippen LogP contribution is 2.38. The number of rotatable bonds is 9. The number of aromatic nitrogens is 2. The van der Waals surface area contributed by atoms with Gasteiger partial charge in [-0.15, -0.1) is 0 Å². The second kappa shape index (κ2) is 22.9. The van der Waals surface area contributed by atoms with E-state index in [9.17, 15) is 54.4 Å². The summed E-state index contributed by atoms with van der Waals surface area (Å²) in [6, 6.07) is 50.7. The minimum Gasteiger partial charge on any atom is -0.354 e. The first-order valence-electron chi connectivity index (χ1n) is 21.3. The molecule has 1 aromatic heterocycles. The summed E-state index contributed by atoms with van der Waals surface area (Å²) in [7, 11) is 0. The molecule has 0 spiro atoms. The van der Waals surface area contributed by atoms with E-state index in [2.05, 4.69) is 66.1 Å².